The molecule has 0 radical (unpaired) electrons. The van der Waals surface area contributed by atoms with Crippen LogP contribution in [-0.2, 0) is 0 Å². The first-order chi connectivity index (χ1) is 13.1. The van der Waals surface area contributed by atoms with Crippen molar-refractivity contribution in [2.24, 2.45) is 0 Å². The first-order valence-electron chi connectivity index (χ1n) is 8.30. The van der Waals surface area contributed by atoms with Crippen LogP contribution in [0.2, 0.25) is 5.02 Å². The Balaban J connectivity index is 1.59. The van der Waals surface area contributed by atoms with Gasteiger partial charge in [0.1, 0.15) is 5.58 Å². The van der Waals surface area contributed by atoms with Crippen LogP contribution in [0.15, 0.2) is 88.1 Å². The summed E-state index contributed by atoms with van der Waals surface area (Å²) < 4.78 is 5.37. The number of rotatable bonds is 3. The van der Waals surface area contributed by atoms with Crippen molar-refractivity contribution in [1.29, 1.82) is 0 Å². The summed E-state index contributed by atoms with van der Waals surface area (Å²) in [5.74, 6) is -0.232. The van der Waals surface area contributed by atoms with Crippen molar-refractivity contribution in [3.05, 3.63) is 99.9 Å². The molecular formula is C22H14ClNO3. The number of benzene rings is 3. The first-order valence-corrected chi connectivity index (χ1v) is 8.68. The molecule has 0 fully saturated rings. The number of carbonyl (C=O) groups excluding carboxylic acids is 1. The van der Waals surface area contributed by atoms with E-state index in [1.807, 2.05) is 24.3 Å². The van der Waals surface area contributed by atoms with Crippen LogP contribution in [0.1, 0.15) is 10.4 Å². The molecule has 0 unspecified atom stereocenters. The molecule has 5 heteroatoms. The summed E-state index contributed by atoms with van der Waals surface area (Å²) in [7, 11) is 0. The predicted molar refractivity (Wildman–Crippen MR) is 107 cm³/mol. The molecule has 4 rings (SSSR count). The number of hydrogen-bond acceptors (Lipinski definition) is 3. The second-order valence-electron chi connectivity index (χ2n) is 6.02. The lowest BCUT2D eigenvalue weighted by Crippen LogP contribution is -2.11. The van der Waals surface area contributed by atoms with E-state index in [2.05, 4.69) is 5.32 Å². The minimum Gasteiger partial charge on any atom is -0.422 e. The lowest BCUT2D eigenvalue weighted by Gasteiger charge is -2.07. The van der Waals surface area contributed by atoms with Crippen molar-refractivity contribution >= 4 is 34.2 Å². The summed E-state index contributed by atoms with van der Waals surface area (Å²) in [6, 6.07) is 22.9. The number of amides is 1. The standard InChI is InChI=1S/C22H14ClNO3/c23-17-9-5-15(6-10-17)21(25)24-18-11-7-14(8-12-18)19-13-16-3-1-2-4-20(16)27-22(19)26/h1-13H,(H,24,25). The predicted octanol–water partition coefficient (Wildman–Crippen LogP) is 5.37. The summed E-state index contributed by atoms with van der Waals surface area (Å²) in [6.45, 7) is 0. The third-order valence-corrected chi connectivity index (χ3v) is 4.45. The van der Waals surface area contributed by atoms with Gasteiger partial charge in [0.2, 0.25) is 0 Å². The smallest absolute Gasteiger partial charge is 0.344 e. The zero-order chi connectivity index (χ0) is 18.8. The molecule has 1 heterocycles. The van der Waals surface area contributed by atoms with Crippen LogP contribution in [-0.4, -0.2) is 5.91 Å². The Labute approximate surface area is 160 Å². The molecule has 0 aliphatic carbocycles. The van der Waals surface area contributed by atoms with Crippen molar-refractivity contribution in [2.75, 3.05) is 5.32 Å². The Bertz CT molecular complexity index is 1180. The largest absolute Gasteiger partial charge is 0.422 e. The van der Waals surface area contributed by atoms with Gasteiger partial charge in [-0.15, -0.1) is 0 Å². The van der Waals surface area contributed by atoms with E-state index in [1.54, 1.807) is 54.6 Å². The van der Waals surface area contributed by atoms with E-state index in [4.69, 9.17) is 16.0 Å². The van der Waals surface area contributed by atoms with Gasteiger partial charge in [0.25, 0.3) is 5.91 Å². The number of carbonyl (C=O) groups is 1. The minimum atomic E-state index is -0.397. The maximum absolute atomic E-state index is 12.3. The van der Waals surface area contributed by atoms with Gasteiger partial charge < -0.3 is 9.73 Å². The molecule has 0 aliphatic heterocycles. The fourth-order valence-electron chi connectivity index (χ4n) is 2.80. The first kappa shape index (κ1) is 17.1. The van der Waals surface area contributed by atoms with Crippen molar-refractivity contribution in [3.8, 4) is 11.1 Å². The van der Waals surface area contributed by atoms with E-state index < -0.39 is 5.63 Å². The van der Waals surface area contributed by atoms with E-state index in [9.17, 15) is 9.59 Å². The lowest BCUT2D eigenvalue weighted by atomic mass is 10.1. The highest BCUT2D eigenvalue weighted by Crippen LogP contribution is 2.23. The molecule has 0 atom stereocenters. The fourth-order valence-corrected chi connectivity index (χ4v) is 2.93. The molecule has 0 saturated heterocycles. The highest BCUT2D eigenvalue weighted by Gasteiger charge is 2.09. The van der Waals surface area contributed by atoms with E-state index in [0.29, 0.717) is 27.4 Å². The van der Waals surface area contributed by atoms with Gasteiger partial charge in [-0.05, 0) is 54.1 Å². The molecule has 0 aliphatic rings. The highest BCUT2D eigenvalue weighted by atomic mass is 35.5. The van der Waals surface area contributed by atoms with Crippen LogP contribution in [0.3, 0.4) is 0 Å². The molecule has 0 bridgehead atoms. The number of hydrogen-bond donors (Lipinski definition) is 1. The zero-order valence-electron chi connectivity index (χ0n) is 14.1. The number of anilines is 1. The van der Waals surface area contributed by atoms with Gasteiger partial charge >= 0.3 is 5.63 Å². The molecule has 1 aromatic heterocycles. The average molecular weight is 376 g/mol. The summed E-state index contributed by atoms with van der Waals surface area (Å²) in [5.41, 5.74) is 2.50. The topological polar surface area (TPSA) is 59.3 Å². The number of halogens is 1. The molecule has 3 aromatic carbocycles. The van der Waals surface area contributed by atoms with E-state index in [0.717, 1.165) is 10.9 Å². The lowest BCUT2D eigenvalue weighted by molar-refractivity contribution is 0.102. The molecule has 1 N–H and O–H groups in total. The number of nitrogens with one attached hydrogen (secondary N) is 1. The van der Waals surface area contributed by atoms with E-state index in [1.165, 1.54) is 0 Å². The Morgan fingerprint density at radius 2 is 1.59 bits per heavy atom. The molecule has 4 nitrogen and oxygen atoms in total. The van der Waals surface area contributed by atoms with Crippen LogP contribution in [0.4, 0.5) is 5.69 Å². The molecule has 0 saturated carbocycles. The molecule has 0 spiro atoms. The Hall–Kier alpha value is -3.37. The maximum Gasteiger partial charge on any atom is 0.344 e. The van der Waals surface area contributed by atoms with Gasteiger partial charge in [0.05, 0.1) is 5.56 Å². The second-order valence-corrected chi connectivity index (χ2v) is 6.46. The van der Waals surface area contributed by atoms with Crippen LogP contribution >= 0.6 is 11.6 Å². The van der Waals surface area contributed by atoms with Gasteiger partial charge in [-0.2, -0.15) is 0 Å². The van der Waals surface area contributed by atoms with Gasteiger partial charge in [0.15, 0.2) is 0 Å². The second kappa shape index (κ2) is 7.09. The summed E-state index contributed by atoms with van der Waals surface area (Å²) in [6.07, 6.45) is 0. The molecular weight excluding hydrogens is 362 g/mol. The quantitative estimate of drug-likeness (QED) is 0.490. The van der Waals surface area contributed by atoms with Crippen LogP contribution in [0, 0.1) is 0 Å². The molecule has 27 heavy (non-hydrogen) atoms. The third kappa shape index (κ3) is 3.61. The summed E-state index contributed by atoms with van der Waals surface area (Å²) in [5, 5.41) is 4.25. The van der Waals surface area contributed by atoms with Crippen molar-refractivity contribution < 1.29 is 9.21 Å². The third-order valence-electron chi connectivity index (χ3n) is 4.20. The monoisotopic (exact) mass is 375 g/mol. The molecule has 132 valence electrons. The van der Waals surface area contributed by atoms with Crippen molar-refractivity contribution in [3.63, 3.8) is 0 Å². The maximum atomic E-state index is 12.3. The van der Waals surface area contributed by atoms with E-state index >= 15 is 0 Å². The zero-order valence-corrected chi connectivity index (χ0v) is 14.9. The Morgan fingerprint density at radius 1 is 0.889 bits per heavy atom. The Morgan fingerprint density at radius 3 is 2.33 bits per heavy atom. The van der Waals surface area contributed by atoms with E-state index in [-0.39, 0.29) is 5.91 Å². The molecule has 4 aromatic rings. The van der Waals surface area contributed by atoms with Gasteiger partial charge in [0, 0.05) is 21.7 Å². The van der Waals surface area contributed by atoms with Crippen LogP contribution in [0.25, 0.3) is 22.1 Å². The van der Waals surface area contributed by atoms with Crippen LogP contribution < -0.4 is 10.9 Å². The van der Waals surface area contributed by atoms with Gasteiger partial charge in [-0.3, -0.25) is 4.79 Å². The summed E-state index contributed by atoms with van der Waals surface area (Å²) >= 11 is 5.84. The fraction of sp³-hybridized carbons (Fsp3) is 0. The van der Waals surface area contributed by atoms with Crippen molar-refractivity contribution in [1.82, 2.24) is 0 Å². The summed E-state index contributed by atoms with van der Waals surface area (Å²) in [4.78, 5) is 24.5. The minimum absolute atomic E-state index is 0.232. The highest BCUT2D eigenvalue weighted by molar-refractivity contribution is 6.30. The number of fused-ring (bicyclic) bond motifs is 1. The SMILES string of the molecule is O=C(Nc1ccc(-c2cc3ccccc3oc2=O)cc1)c1ccc(Cl)cc1. The Kier molecular flexibility index (Phi) is 4.48. The van der Waals surface area contributed by atoms with Crippen LogP contribution in [0.5, 0.6) is 0 Å². The number of para-hydroxylation sites is 1. The average Bonchev–Trinajstić information content (AvgIpc) is 2.68. The van der Waals surface area contributed by atoms with Gasteiger partial charge in [-0.1, -0.05) is 41.9 Å². The molecule has 1 amide bonds. The van der Waals surface area contributed by atoms with Crippen molar-refractivity contribution in [2.45, 2.75) is 0 Å². The van der Waals surface area contributed by atoms with Gasteiger partial charge in [-0.25, -0.2) is 4.79 Å². The normalized spacial score (nSPS) is 10.7.